The molecule has 1 rings (SSSR count). The van der Waals surface area contributed by atoms with E-state index in [-0.39, 0.29) is 5.97 Å². The first-order valence-corrected chi connectivity index (χ1v) is 4.63. The summed E-state index contributed by atoms with van der Waals surface area (Å²) >= 11 is 0. The molecule has 0 heterocycles. The van der Waals surface area contributed by atoms with Crippen LogP contribution in [0, 0.1) is 0 Å². The largest absolute Gasteiger partial charge is 0.469 e. The van der Waals surface area contributed by atoms with Crippen molar-refractivity contribution in [3.8, 4) is 0 Å². The van der Waals surface area contributed by atoms with Crippen molar-refractivity contribution >= 4 is 11.7 Å². The van der Waals surface area contributed by atoms with E-state index in [2.05, 4.69) is 4.74 Å². The molecule has 1 aromatic carbocycles. The number of nitrogen functional groups attached to an aromatic ring is 1. The number of hydrogen-bond donors (Lipinski definition) is 1. The first-order valence-electron chi connectivity index (χ1n) is 4.63. The smallest absolute Gasteiger partial charge is 0.305 e. The lowest BCUT2D eigenvalue weighted by molar-refractivity contribution is -0.140. The second kappa shape index (κ2) is 5.27. The van der Waals surface area contributed by atoms with Crippen molar-refractivity contribution in [3.63, 3.8) is 0 Å². The first kappa shape index (κ1) is 10.6. The van der Waals surface area contributed by atoms with Gasteiger partial charge in [0, 0.05) is 12.1 Å². The predicted octanol–water partition coefficient (Wildman–Crippen LogP) is 1.76. The highest BCUT2D eigenvalue weighted by atomic mass is 16.5. The fourth-order valence-corrected chi connectivity index (χ4v) is 1.29. The van der Waals surface area contributed by atoms with Crippen LogP contribution in [0.1, 0.15) is 18.4 Å². The number of anilines is 1. The molecule has 3 heteroatoms. The zero-order valence-corrected chi connectivity index (χ0v) is 8.32. The summed E-state index contributed by atoms with van der Waals surface area (Å²) in [5.41, 5.74) is 7.55. The first-order chi connectivity index (χ1) is 6.72. The molecule has 0 aromatic heterocycles. The number of carbonyl (C=O) groups excluding carboxylic acids is 1. The number of nitrogens with two attached hydrogens (primary N) is 1. The van der Waals surface area contributed by atoms with Crippen LogP contribution >= 0.6 is 0 Å². The lowest BCUT2D eigenvalue weighted by Crippen LogP contribution is -2.00. The van der Waals surface area contributed by atoms with E-state index in [1.807, 2.05) is 24.3 Å². The van der Waals surface area contributed by atoms with Gasteiger partial charge in [0.05, 0.1) is 7.11 Å². The van der Waals surface area contributed by atoms with E-state index < -0.39 is 0 Å². The molecular weight excluding hydrogens is 178 g/mol. The molecule has 1 aromatic rings. The molecule has 0 radical (unpaired) electrons. The van der Waals surface area contributed by atoms with Crippen LogP contribution in [0.5, 0.6) is 0 Å². The Balaban J connectivity index is 2.35. The highest BCUT2D eigenvalue weighted by molar-refractivity contribution is 5.69. The molecule has 76 valence electrons. The topological polar surface area (TPSA) is 52.3 Å². The van der Waals surface area contributed by atoms with Crippen molar-refractivity contribution in [1.29, 1.82) is 0 Å². The molecule has 0 unspecified atom stereocenters. The maximum Gasteiger partial charge on any atom is 0.305 e. The van der Waals surface area contributed by atoms with Crippen LogP contribution in [0.25, 0.3) is 0 Å². The van der Waals surface area contributed by atoms with Crippen LogP contribution in [0.15, 0.2) is 24.3 Å². The highest BCUT2D eigenvalue weighted by Gasteiger charge is 2.00. The predicted molar refractivity (Wildman–Crippen MR) is 55.8 cm³/mol. The number of hydrogen-bond acceptors (Lipinski definition) is 3. The Morgan fingerprint density at radius 3 is 2.93 bits per heavy atom. The van der Waals surface area contributed by atoms with Gasteiger partial charge in [-0.05, 0) is 30.5 Å². The molecule has 2 N–H and O–H groups in total. The van der Waals surface area contributed by atoms with E-state index in [0.29, 0.717) is 6.42 Å². The normalized spacial score (nSPS) is 9.79. The molecule has 0 saturated heterocycles. The summed E-state index contributed by atoms with van der Waals surface area (Å²) < 4.78 is 4.55. The lowest BCUT2D eigenvalue weighted by Gasteiger charge is -2.01. The summed E-state index contributed by atoms with van der Waals surface area (Å²) in [6, 6.07) is 7.71. The number of esters is 1. The van der Waals surface area contributed by atoms with E-state index >= 15 is 0 Å². The van der Waals surface area contributed by atoms with Crippen LogP contribution in [-0.2, 0) is 16.0 Å². The third kappa shape index (κ3) is 3.47. The monoisotopic (exact) mass is 193 g/mol. The van der Waals surface area contributed by atoms with Crippen molar-refractivity contribution in [2.45, 2.75) is 19.3 Å². The Labute approximate surface area is 83.9 Å². The van der Waals surface area contributed by atoms with Gasteiger partial charge in [0.1, 0.15) is 0 Å². The molecule has 0 bridgehead atoms. The molecule has 0 spiro atoms. The van der Waals surface area contributed by atoms with Crippen molar-refractivity contribution in [1.82, 2.24) is 0 Å². The zero-order chi connectivity index (χ0) is 10.4. The third-order valence-electron chi connectivity index (χ3n) is 2.03. The molecule has 0 aliphatic heterocycles. The molecule has 3 nitrogen and oxygen atoms in total. The molecule has 0 fully saturated rings. The summed E-state index contributed by atoms with van der Waals surface area (Å²) in [6.45, 7) is 0. The molecule has 0 aliphatic carbocycles. The van der Waals surface area contributed by atoms with Gasteiger partial charge in [-0.1, -0.05) is 12.1 Å². The maximum atomic E-state index is 10.8. The average Bonchev–Trinajstić information content (AvgIpc) is 2.17. The molecular formula is C11H15NO2. The minimum atomic E-state index is -0.158. The minimum absolute atomic E-state index is 0.158. The Bertz CT molecular complexity index is 310. The SMILES string of the molecule is COC(=O)CCCc1cccc(N)c1. The Kier molecular flexibility index (Phi) is 3.98. The standard InChI is InChI=1S/C11H15NO2/c1-14-11(13)7-3-5-9-4-2-6-10(12)8-9/h2,4,6,8H,3,5,7,12H2,1H3. The number of methoxy groups -OCH3 is 1. The molecule has 14 heavy (non-hydrogen) atoms. The summed E-state index contributed by atoms with van der Waals surface area (Å²) in [5, 5.41) is 0. The molecule has 0 amide bonds. The third-order valence-corrected chi connectivity index (χ3v) is 2.03. The van der Waals surface area contributed by atoms with E-state index in [0.717, 1.165) is 24.1 Å². The fraction of sp³-hybridized carbons (Fsp3) is 0.364. The van der Waals surface area contributed by atoms with E-state index in [9.17, 15) is 4.79 Å². The van der Waals surface area contributed by atoms with Gasteiger partial charge in [-0.15, -0.1) is 0 Å². The van der Waals surface area contributed by atoms with E-state index in [1.54, 1.807) is 0 Å². The molecule has 0 atom stereocenters. The van der Waals surface area contributed by atoms with Crippen LogP contribution in [0.2, 0.25) is 0 Å². The van der Waals surface area contributed by atoms with Gasteiger partial charge in [0.15, 0.2) is 0 Å². The van der Waals surface area contributed by atoms with Crippen LogP contribution in [0.3, 0.4) is 0 Å². The molecule has 0 saturated carbocycles. The van der Waals surface area contributed by atoms with Crippen LogP contribution < -0.4 is 5.73 Å². The summed E-state index contributed by atoms with van der Waals surface area (Å²) in [4.78, 5) is 10.8. The van der Waals surface area contributed by atoms with Crippen LogP contribution in [-0.4, -0.2) is 13.1 Å². The Morgan fingerprint density at radius 2 is 2.29 bits per heavy atom. The van der Waals surface area contributed by atoms with Crippen molar-refractivity contribution in [2.24, 2.45) is 0 Å². The van der Waals surface area contributed by atoms with Crippen molar-refractivity contribution < 1.29 is 9.53 Å². The maximum absolute atomic E-state index is 10.8. The minimum Gasteiger partial charge on any atom is -0.469 e. The highest BCUT2D eigenvalue weighted by Crippen LogP contribution is 2.09. The summed E-state index contributed by atoms with van der Waals surface area (Å²) in [7, 11) is 1.41. The number of rotatable bonds is 4. The number of benzene rings is 1. The van der Waals surface area contributed by atoms with Crippen molar-refractivity contribution in [2.75, 3.05) is 12.8 Å². The number of carbonyl (C=O) groups is 1. The Hall–Kier alpha value is -1.51. The van der Waals surface area contributed by atoms with Crippen LogP contribution in [0.4, 0.5) is 5.69 Å². The summed E-state index contributed by atoms with van der Waals surface area (Å²) in [6.07, 6.45) is 2.13. The van der Waals surface area contributed by atoms with E-state index in [1.165, 1.54) is 7.11 Å². The summed E-state index contributed by atoms with van der Waals surface area (Å²) in [5.74, 6) is -0.158. The van der Waals surface area contributed by atoms with Gasteiger partial charge in [-0.2, -0.15) is 0 Å². The van der Waals surface area contributed by atoms with Crippen molar-refractivity contribution in [3.05, 3.63) is 29.8 Å². The average molecular weight is 193 g/mol. The second-order valence-electron chi connectivity index (χ2n) is 3.17. The second-order valence-corrected chi connectivity index (χ2v) is 3.17. The lowest BCUT2D eigenvalue weighted by atomic mass is 10.1. The molecule has 0 aliphatic rings. The fourth-order valence-electron chi connectivity index (χ4n) is 1.29. The van der Waals surface area contributed by atoms with Gasteiger partial charge in [0.25, 0.3) is 0 Å². The number of ether oxygens (including phenoxy) is 1. The van der Waals surface area contributed by atoms with Gasteiger partial charge in [-0.3, -0.25) is 4.79 Å². The van der Waals surface area contributed by atoms with E-state index in [4.69, 9.17) is 5.73 Å². The Morgan fingerprint density at radius 1 is 1.50 bits per heavy atom. The zero-order valence-electron chi connectivity index (χ0n) is 8.32. The van der Waals surface area contributed by atoms with Gasteiger partial charge < -0.3 is 10.5 Å². The quantitative estimate of drug-likeness (QED) is 0.585. The van der Waals surface area contributed by atoms with Gasteiger partial charge in [-0.25, -0.2) is 0 Å². The van der Waals surface area contributed by atoms with Gasteiger partial charge in [0.2, 0.25) is 0 Å². The number of aryl methyl sites for hydroxylation is 1. The van der Waals surface area contributed by atoms with Gasteiger partial charge >= 0.3 is 5.97 Å².